The first-order valence-electron chi connectivity index (χ1n) is 13.5. The van der Waals surface area contributed by atoms with Gasteiger partial charge in [-0.3, -0.25) is 0 Å². The Hall–Kier alpha value is -2.81. The third kappa shape index (κ3) is 6.30. The fourth-order valence-electron chi connectivity index (χ4n) is 5.46. The number of halogens is 3. The number of hydrogen-bond donors (Lipinski definition) is 0. The van der Waals surface area contributed by atoms with E-state index in [1.54, 1.807) is 30.4 Å². The highest BCUT2D eigenvalue weighted by Gasteiger charge is 2.25. The van der Waals surface area contributed by atoms with E-state index in [4.69, 9.17) is 0 Å². The predicted octanol–water partition coefficient (Wildman–Crippen LogP) is 10.4. The molecular formula is C33H37F3. The van der Waals surface area contributed by atoms with Crippen molar-refractivity contribution in [2.24, 2.45) is 5.92 Å². The molecule has 1 aliphatic carbocycles. The van der Waals surface area contributed by atoms with Gasteiger partial charge < -0.3 is 0 Å². The van der Waals surface area contributed by atoms with Gasteiger partial charge in [0.15, 0.2) is 11.6 Å². The quantitative estimate of drug-likeness (QED) is 0.262. The Morgan fingerprint density at radius 3 is 2.14 bits per heavy atom. The molecular weight excluding hydrogens is 453 g/mol. The number of unbranched alkanes of at least 4 members (excludes halogenated alkanes) is 1. The molecule has 0 aromatic heterocycles. The summed E-state index contributed by atoms with van der Waals surface area (Å²) >= 11 is 0. The van der Waals surface area contributed by atoms with Gasteiger partial charge >= 0.3 is 0 Å². The largest absolute Gasteiger partial charge is 0.207 e. The van der Waals surface area contributed by atoms with E-state index < -0.39 is 11.6 Å². The van der Waals surface area contributed by atoms with Crippen molar-refractivity contribution in [3.05, 3.63) is 94.3 Å². The summed E-state index contributed by atoms with van der Waals surface area (Å²) in [4.78, 5) is 0. The topological polar surface area (TPSA) is 0 Å². The highest BCUT2D eigenvalue weighted by atomic mass is 19.2. The molecule has 0 atom stereocenters. The summed E-state index contributed by atoms with van der Waals surface area (Å²) in [6.07, 6.45) is 12.7. The lowest BCUT2D eigenvalue weighted by atomic mass is 9.77. The fraction of sp³-hybridized carbons (Fsp3) is 0.394. The Kier molecular flexibility index (Phi) is 9.07. The molecule has 1 aliphatic rings. The monoisotopic (exact) mass is 490 g/mol. The van der Waals surface area contributed by atoms with E-state index in [1.807, 2.05) is 36.4 Å². The van der Waals surface area contributed by atoms with Crippen LogP contribution in [0.15, 0.2) is 54.6 Å². The molecule has 190 valence electrons. The van der Waals surface area contributed by atoms with Crippen LogP contribution in [0, 0.1) is 23.4 Å². The van der Waals surface area contributed by atoms with Crippen molar-refractivity contribution in [2.45, 2.75) is 77.6 Å². The van der Waals surface area contributed by atoms with Gasteiger partial charge in [-0.2, -0.15) is 0 Å². The lowest BCUT2D eigenvalue weighted by Gasteiger charge is -2.29. The maximum atomic E-state index is 14.9. The summed E-state index contributed by atoms with van der Waals surface area (Å²) < 4.78 is 44.3. The zero-order valence-electron chi connectivity index (χ0n) is 21.5. The second-order valence-electron chi connectivity index (χ2n) is 10.2. The Bertz CT molecular complexity index is 1170. The molecule has 0 amide bonds. The van der Waals surface area contributed by atoms with Crippen molar-refractivity contribution < 1.29 is 13.2 Å². The van der Waals surface area contributed by atoms with Crippen molar-refractivity contribution in [1.82, 2.24) is 0 Å². The molecule has 3 heteroatoms. The fourth-order valence-corrected chi connectivity index (χ4v) is 5.46. The minimum atomic E-state index is -0.769. The van der Waals surface area contributed by atoms with Crippen molar-refractivity contribution in [3.8, 4) is 11.1 Å². The number of aryl methyl sites for hydroxylation is 1. The average Bonchev–Trinajstić information content (AvgIpc) is 2.90. The van der Waals surface area contributed by atoms with E-state index in [9.17, 15) is 13.2 Å². The van der Waals surface area contributed by atoms with Gasteiger partial charge in [0.2, 0.25) is 0 Å². The van der Waals surface area contributed by atoms with Crippen LogP contribution in [0.2, 0.25) is 0 Å². The normalized spacial score (nSPS) is 18.1. The third-order valence-corrected chi connectivity index (χ3v) is 7.68. The van der Waals surface area contributed by atoms with Gasteiger partial charge in [0.05, 0.1) is 0 Å². The molecule has 1 saturated carbocycles. The second kappa shape index (κ2) is 12.4. The van der Waals surface area contributed by atoms with Crippen molar-refractivity contribution in [3.63, 3.8) is 0 Å². The third-order valence-electron chi connectivity index (χ3n) is 7.68. The van der Waals surface area contributed by atoms with E-state index in [2.05, 4.69) is 13.8 Å². The van der Waals surface area contributed by atoms with Gasteiger partial charge in [-0.05, 0) is 84.2 Å². The summed E-state index contributed by atoms with van der Waals surface area (Å²) in [5, 5.41) is 0. The minimum absolute atomic E-state index is 0.115. The SMILES string of the molecule is CCCCc1ccc(-c2ccc(/C=C/c3ccc(C4CCC(CCC)CC4)c(F)c3F)cc2)cc1F. The molecule has 0 aliphatic heterocycles. The lowest BCUT2D eigenvalue weighted by molar-refractivity contribution is 0.303. The maximum absolute atomic E-state index is 14.9. The summed E-state index contributed by atoms with van der Waals surface area (Å²) in [5.74, 6) is -0.786. The van der Waals surface area contributed by atoms with Crippen LogP contribution in [0.4, 0.5) is 13.2 Å². The van der Waals surface area contributed by atoms with Crippen LogP contribution in [-0.4, -0.2) is 0 Å². The van der Waals surface area contributed by atoms with Crippen molar-refractivity contribution in [1.29, 1.82) is 0 Å². The van der Waals surface area contributed by atoms with Gasteiger partial charge in [-0.25, -0.2) is 13.2 Å². The zero-order valence-corrected chi connectivity index (χ0v) is 21.5. The van der Waals surface area contributed by atoms with Gasteiger partial charge in [0.25, 0.3) is 0 Å². The van der Waals surface area contributed by atoms with Crippen LogP contribution in [-0.2, 0) is 6.42 Å². The molecule has 4 rings (SSSR count). The van der Waals surface area contributed by atoms with Crippen molar-refractivity contribution >= 4 is 12.2 Å². The van der Waals surface area contributed by atoms with E-state index in [-0.39, 0.29) is 17.3 Å². The van der Waals surface area contributed by atoms with E-state index in [0.29, 0.717) is 5.56 Å². The summed E-state index contributed by atoms with van der Waals surface area (Å²) in [7, 11) is 0. The highest BCUT2D eigenvalue weighted by molar-refractivity contribution is 5.72. The summed E-state index contributed by atoms with van der Waals surface area (Å²) in [6.45, 7) is 4.30. The lowest BCUT2D eigenvalue weighted by Crippen LogP contribution is -2.15. The first kappa shape index (κ1) is 26.3. The summed E-state index contributed by atoms with van der Waals surface area (Å²) in [5.41, 5.74) is 4.15. The molecule has 3 aromatic carbocycles. The van der Waals surface area contributed by atoms with Crippen LogP contribution in [0.25, 0.3) is 23.3 Å². The Labute approximate surface area is 214 Å². The number of hydrogen-bond acceptors (Lipinski definition) is 0. The smallest absolute Gasteiger partial charge is 0.166 e. The Balaban J connectivity index is 1.43. The second-order valence-corrected chi connectivity index (χ2v) is 10.2. The first-order valence-corrected chi connectivity index (χ1v) is 13.5. The molecule has 36 heavy (non-hydrogen) atoms. The molecule has 0 N–H and O–H groups in total. The van der Waals surface area contributed by atoms with Crippen LogP contribution < -0.4 is 0 Å². The number of rotatable bonds is 9. The van der Waals surface area contributed by atoms with Gasteiger partial charge in [-0.15, -0.1) is 0 Å². The standard InChI is InChI=1S/C33H37F3/c1-3-5-7-27-18-19-29(22-31(27)34)25-13-8-24(9-14-25)12-17-28-20-21-30(33(36)32(28)35)26-15-10-23(6-4-2)11-16-26/h8-9,12-14,17-23,26H,3-7,10-11,15-16H2,1-2H3/b17-12+. The highest BCUT2D eigenvalue weighted by Crippen LogP contribution is 2.39. The van der Waals surface area contributed by atoms with Gasteiger partial charge in [-0.1, -0.05) is 93.8 Å². The molecule has 1 fully saturated rings. The summed E-state index contributed by atoms with van der Waals surface area (Å²) in [6, 6.07) is 16.5. The average molecular weight is 491 g/mol. The van der Waals surface area contributed by atoms with Crippen LogP contribution >= 0.6 is 0 Å². The molecule has 0 heterocycles. The Morgan fingerprint density at radius 1 is 0.750 bits per heavy atom. The molecule has 0 nitrogen and oxygen atoms in total. The van der Waals surface area contributed by atoms with Gasteiger partial charge in [0.1, 0.15) is 5.82 Å². The maximum Gasteiger partial charge on any atom is 0.166 e. The minimum Gasteiger partial charge on any atom is -0.207 e. The molecule has 3 aromatic rings. The van der Waals surface area contributed by atoms with E-state index in [0.717, 1.165) is 73.1 Å². The first-order chi connectivity index (χ1) is 17.5. The molecule has 0 saturated heterocycles. The molecule has 0 spiro atoms. The van der Waals surface area contributed by atoms with Crippen molar-refractivity contribution in [2.75, 3.05) is 0 Å². The van der Waals surface area contributed by atoms with Crippen LogP contribution in [0.1, 0.15) is 93.4 Å². The van der Waals surface area contributed by atoms with Crippen LogP contribution in [0.3, 0.4) is 0 Å². The molecule has 0 unspecified atom stereocenters. The van der Waals surface area contributed by atoms with Gasteiger partial charge in [0, 0.05) is 5.56 Å². The molecule has 0 radical (unpaired) electrons. The van der Waals surface area contributed by atoms with E-state index in [1.165, 1.54) is 12.8 Å². The van der Waals surface area contributed by atoms with Crippen LogP contribution in [0.5, 0.6) is 0 Å². The Morgan fingerprint density at radius 2 is 1.47 bits per heavy atom. The zero-order chi connectivity index (χ0) is 25.5. The predicted molar refractivity (Wildman–Crippen MR) is 145 cm³/mol. The van der Waals surface area contributed by atoms with E-state index >= 15 is 0 Å². The number of benzene rings is 3. The molecule has 0 bridgehead atoms.